The molecule has 0 aromatic heterocycles. The van der Waals surface area contributed by atoms with Gasteiger partial charge >= 0.3 is 6.03 Å². The van der Waals surface area contributed by atoms with Gasteiger partial charge in [-0.25, -0.2) is 13.2 Å². The molecular weight excluding hydrogens is 636 g/mol. The van der Waals surface area contributed by atoms with Gasteiger partial charge in [0.1, 0.15) is 12.1 Å². The van der Waals surface area contributed by atoms with Gasteiger partial charge in [-0.2, -0.15) is 4.31 Å². The maximum atomic E-state index is 14.3. The van der Waals surface area contributed by atoms with E-state index in [4.69, 9.17) is 0 Å². The molecule has 1 aliphatic heterocycles. The molecule has 2 fully saturated rings. The zero-order valence-electron chi connectivity index (χ0n) is 30.3. The third-order valence-electron chi connectivity index (χ3n) is 9.61. The predicted octanol–water partition coefficient (Wildman–Crippen LogP) is 2.71. The molecule has 0 aromatic carbocycles. The van der Waals surface area contributed by atoms with E-state index in [1.165, 1.54) is 15.3 Å². The van der Waals surface area contributed by atoms with Crippen LogP contribution in [0.15, 0.2) is 12.7 Å². The molecule has 48 heavy (non-hydrogen) atoms. The summed E-state index contributed by atoms with van der Waals surface area (Å²) < 4.78 is 26.3. The summed E-state index contributed by atoms with van der Waals surface area (Å²) in [6, 6.07) is -3.57. The van der Waals surface area contributed by atoms with Crippen molar-refractivity contribution in [1.29, 1.82) is 0 Å². The van der Waals surface area contributed by atoms with Crippen LogP contribution in [0, 0.1) is 17.3 Å². The largest absolute Gasteiger partial charge is 0.346 e. The van der Waals surface area contributed by atoms with Crippen molar-refractivity contribution in [2.45, 2.75) is 123 Å². The monoisotopic (exact) mass is 696 g/mol. The van der Waals surface area contributed by atoms with Gasteiger partial charge < -0.3 is 26.2 Å². The fraction of sp³-hybridized carbons (Fsp3) is 0.794. The number of ketones is 1. The SMILES string of the molecule is C=CCNC(=O)C(=O)C(CCC)NC(=O)[C@@H]1[C@@H](CC(C)C)CCN1C(=O)[C@@H](NC(=O)NCC1(N(C)S(C)(=O)=O)CCCCC1)C(C)(C)C. The van der Waals surface area contributed by atoms with Gasteiger partial charge in [0.05, 0.1) is 17.8 Å². The van der Waals surface area contributed by atoms with E-state index in [1.54, 1.807) is 7.05 Å². The number of nitrogens with zero attached hydrogens (tertiary/aromatic N) is 2. The van der Waals surface area contributed by atoms with Crippen LogP contribution < -0.4 is 21.3 Å². The number of rotatable bonds is 16. The average Bonchev–Trinajstić information content (AvgIpc) is 3.42. The number of carbonyl (C=O) groups excluding carboxylic acids is 5. The van der Waals surface area contributed by atoms with Gasteiger partial charge in [0.25, 0.3) is 5.91 Å². The molecule has 1 saturated heterocycles. The first-order valence-corrected chi connectivity index (χ1v) is 19.2. The Morgan fingerprint density at radius 2 is 1.67 bits per heavy atom. The van der Waals surface area contributed by atoms with Gasteiger partial charge in [-0.15, -0.1) is 6.58 Å². The van der Waals surface area contributed by atoms with Crippen molar-refractivity contribution < 1.29 is 32.4 Å². The average molecular weight is 697 g/mol. The fourth-order valence-electron chi connectivity index (χ4n) is 6.94. The van der Waals surface area contributed by atoms with Crippen molar-refractivity contribution in [1.82, 2.24) is 30.5 Å². The van der Waals surface area contributed by atoms with Gasteiger partial charge in [-0.3, -0.25) is 19.2 Å². The lowest BCUT2D eigenvalue weighted by molar-refractivity contribution is -0.144. The summed E-state index contributed by atoms with van der Waals surface area (Å²) in [6.45, 7) is 15.4. The normalized spacial score (nSPS) is 20.9. The van der Waals surface area contributed by atoms with Crippen LogP contribution >= 0.6 is 0 Å². The Kier molecular flexibility index (Phi) is 15.1. The Bertz CT molecular complexity index is 1270. The van der Waals surface area contributed by atoms with Crippen molar-refractivity contribution in [3.63, 3.8) is 0 Å². The van der Waals surface area contributed by atoms with Gasteiger partial charge in [0.2, 0.25) is 27.6 Å². The van der Waals surface area contributed by atoms with Gasteiger partial charge in [0, 0.05) is 26.7 Å². The minimum atomic E-state index is -3.52. The first kappa shape index (κ1) is 41.2. The van der Waals surface area contributed by atoms with Crippen molar-refractivity contribution in [2.75, 3.05) is 32.9 Å². The minimum Gasteiger partial charge on any atom is -0.346 e. The number of Topliss-reactive ketones (excluding diaryl/α,β-unsaturated/α-hetero) is 1. The quantitative estimate of drug-likeness (QED) is 0.142. The first-order valence-electron chi connectivity index (χ1n) is 17.3. The van der Waals surface area contributed by atoms with E-state index < -0.39 is 68.6 Å². The number of carbonyl (C=O) groups is 5. The molecule has 2 aliphatic rings. The minimum absolute atomic E-state index is 0.0892. The summed E-state index contributed by atoms with van der Waals surface area (Å²) in [7, 11) is -1.98. The van der Waals surface area contributed by atoms with Gasteiger partial charge in [0.15, 0.2) is 0 Å². The van der Waals surface area contributed by atoms with Crippen LogP contribution in [0.1, 0.15) is 99.3 Å². The number of nitrogens with one attached hydrogen (secondary N) is 4. The zero-order chi connectivity index (χ0) is 36.4. The lowest BCUT2D eigenvalue weighted by atomic mass is 9.81. The molecule has 2 rings (SSSR count). The van der Waals surface area contributed by atoms with E-state index in [2.05, 4.69) is 27.8 Å². The summed E-state index contributed by atoms with van der Waals surface area (Å²) in [5, 5.41) is 10.9. The van der Waals surface area contributed by atoms with E-state index >= 15 is 0 Å². The Hall–Kier alpha value is -3.00. The molecule has 4 atom stereocenters. The van der Waals surface area contributed by atoms with Crippen LogP contribution in [0.25, 0.3) is 0 Å². The second kappa shape index (κ2) is 17.6. The lowest BCUT2D eigenvalue weighted by Gasteiger charge is -2.43. The summed E-state index contributed by atoms with van der Waals surface area (Å²) in [4.78, 5) is 68.7. The number of urea groups is 1. The molecule has 14 heteroatoms. The molecule has 0 radical (unpaired) electrons. The first-order chi connectivity index (χ1) is 22.3. The van der Waals surface area contributed by atoms with E-state index in [0.29, 0.717) is 38.6 Å². The van der Waals surface area contributed by atoms with Crippen molar-refractivity contribution >= 4 is 39.6 Å². The van der Waals surface area contributed by atoms with Crippen molar-refractivity contribution in [3.05, 3.63) is 12.7 Å². The molecule has 13 nitrogen and oxygen atoms in total. The number of likely N-dealkylation sites (tertiary alicyclic amines) is 1. The van der Waals surface area contributed by atoms with Crippen LogP contribution in [0.3, 0.4) is 0 Å². The summed E-state index contributed by atoms with van der Waals surface area (Å²) in [5.74, 6) is -2.45. The molecule has 1 heterocycles. The van der Waals surface area contributed by atoms with E-state index in [9.17, 15) is 32.4 Å². The summed E-state index contributed by atoms with van der Waals surface area (Å²) in [6.07, 6.45) is 8.53. The number of hydrogen-bond donors (Lipinski definition) is 4. The molecule has 1 unspecified atom stereocenters. The van der Waals surface area contributed by atoms with Crippen molar-refractivity contribution in [2.24, 2.45) is 17.3 Å². The summed E-state index contributed by atoms with van der Waals surface area (Å²) >= 11 is 0. The second-order valence-corrected chi connectivity index (χ2v) is 17.0. The second-order valence-electron chi connectivity index (χ2n) is 15.0. The molecule has 1 aliphatic carbocycles. The highest BCUT2D eigenvalue weighted by molar-refractivity contribution is 7.88. The van der Waals surface area contributed by atoms with Crippen LogP contribution in [-0.2, 0) is 29.2 Å². The van der Waals surface area contributed by atoms with Gasteiger partial charge in [-0.1, -0.05) is 73.3 Å². The topological polar surface area (TPSA) is 174 Å². The molecule has 0 spiro atoms. The van der Waals surface area contributed by atoms with Crippen molar-refractivity contribution in [3.8, 4) is 0 Å². The Morgan fingerprint density at radius 3 is 2.19 bits per heavy atom. The maximum Gasteiger partial charge on any atom is 0.315 e. The Labute approximate surface area is 287 Å². The molecule has 5 amide bonds. The maximum absolute atomic E-state index is 14.3. The van der Waals surface area contributed by atoms with Crippen LogP contribution in [0.5, 0.6) is 0 Å². The third-order valence-corrected chi connectivity index (χ3v) is 11.0. The zero-order valence-corrected chi connectivity index (χ0v) is 31.1. The Morgan fingerprint density at radius 1 is 1.04 bits per heavy atom. The predicted molar refractivity (Wildman–Crippen MR) is 186 cm³/mol. The van der Waals surface area contributed by atoms with E-state index in [-0.39, 0.29) is 31.3 Å². The van der Waals surface area contributed by atoms with Gasteiger partial charge in [-0.05, 0) is 49.4 Å². The molecule has 1 saturated carbocycles. The highest BCUT2D eigenvalue weighted by Gasteiger charge is 2.47. The number of hydrogen-bond acceptors (Lipinski definition) is 7. The van der Waals surface area contributed by atoms with Crippen LogP contribution in [0.4, 0.5) is 4.79 Å². The Balaban J connectivity index is 2.32. The lowest BCUT2D eigenvalue weighted by Crippen LogP contribution is -2.62. The number of amides is 5. The molecular formula is C34H60N6O7S. The van der Waals surface area contributed by atoms with Crippen LogP contribution in [0.2, 0.25) is 0 Å². The molecule has 0 aromatic rings. The number of sulfonamides is 1. The third kappa shape index (κ3) is 11.0. The summed E-state index contributed by atoms with van der Waals surface area (Å²) in [5.41, 5.74) is -1.51. The van der Waals surface area contributed by atoms with Crippen LogP contribution in [-0.4, -0.2) is 104 Å². The molecule has 274 valence electrons. The number of likely N-dealkylation sites (N-methyl/N-ethyl adjacent to an activating group) is 1. The molecule has 0 bridgehead atoms. The molecule has 4 N–H and O–H groups in total. The highest BCUT2D eigenvalue weighted by Crippen LogP contribution is 2.35. The van der Waals surface area contributed by atoms with E-state index in [1.807, 2.05) is 41.5 Å². The smallest absolute Gasteiger partial charge is 0.315 e. The fourth-order valence-corrected chi connectivity index (χ4v) is 7.89. The highest BCUT2D eigenvalue weighted by atomic mass is 32.2. The van der Waals surface area contributed by atoms with E-state index in [0.717, 1.165) is 25.5 Å². The standard InChI is InChI=1S/C34H60N6O7S/c1-10-15-25(27(41)30(43)35-19-11-2)37-29(42)26-24(21-23(3)4)16-20-40(26)31(44)28(33(5,6)7)38-32(45)36-22-34(17-13-12-14-18-34)39(8)48(9,46)47/h11,23-26,28H,2,10,12-22H2,1,3-9H3,(H,35,43)(H,37,42)(H2,36,38,45)/t24-,25?,26+,28-/m1/s1.